The van der Waals surface area contributed by atoms with E-state index in [0.717, 1.165) is 21.9 Å². The third-order valence-corrected chi connectivity index (χ3v) is 4.82. The molecule has 0 saturated carbocycles. The molecule has 1 aliphatic rings. The summed E-state index contributed by atoms with van der Waals surface area (Å²) in [5.74, 6) is -0.0522. The van der Waals surface area contributed by atoms with Gasteiger partial charge in [0.05, 0.1) is 18.3 Å². The molecule has 2 N–H and O–H groups in total. The summed E-state index contributed by atoms with van der Waals surface area (Å²) in [5, 5.41) is 8.31. The van der Waals surface area contributed by atoms with Crippen molar-refractivity contribution in [2.24, 2.45) is 0 Å². The minimum atomic E-state index is -0.127. The smallest absolute Gasteiger partial charge is 0.228 e. The zero-order valence-electron chi connectivity index (χ0n) is 14.5. The van der Waals surface area contributed by atoms with E-state index in [-0.39, 0.29) is 24.3 Å². The highest BCUT2D eigenvalue weighted by Gasteiger charge is 2.25. The number of β-lactam (4-membered cyclic amide) rings is 1. The van der Waals surface area contributed by atoms with Crippen LogP contribution in [0.25, 0.3) is 10.8 Å². The molecular formula is C21H18ClN3O2. The summed E-state index contributed by atoms with van der Waals surface area (Å²) in [6.45, 7) is 0. The third kappa shape index (κ3) is 4.09. The number of hydrogen-bond acceptors (Lipinski definition) is 3. The van der Waals surface area contributed by atoms with Gasteiger partial charge in [0.15, 0.2) is 0 Å². The molecule has 1 fully saturated rings. The summed E-state index contributed by atoms with van der Waals surface area (Å²) in [4.78, 5) is 27.8. The number of carbonyl (C=O) groups excluding carboxylic acids is 2. The highest BCUT2D eigenvalue weighted by molar-refractivity contribution is 6.30. The molecule has 3 aromatic rings. The fourth-order valence-corrected chi connectivity index (χ4v) is 3.65. The van der Waals surface area contributed by atoms with Crippen LogP contribution in [0.4, 0.5) is 5.69 Å². The lowest BCUT2D eigenvalue weighted by Gasteiger charge is -2.27. The lowest BCUT2D eigenvalue weighted by atomic mass is 9.96. The van der Waals surface area contributed by atoms with Gasteiger partial charge in [-0.2, -0.15) is 0 Å². The van der Waals surface area contributed by atoms with Gasteiger partial charge in [-0.05, 0) is 29.7 Å². The van der Waals surface area contributed by atoms with Crippen molar-refractivity contribution in [1.29, 1.82) is 0 Å². The Kier molecular flexibility index (Phi) is 4.77. The van der Waals surface area contributed by atoms with Gasteiger partial charge in [0.1, 0.15) is 0 Å². The minimum absolute atomic E-state index is 0.0744. The van der Waals surface area contributed by atoms with E-state index in [1.54, 1.807) is 18.5 Å². The fraction of sp³-hybridized carbons (Fsp3) is 0.190. The normalized spacial score (nSPS) is 15.9. The number of benzene rings is 2. The van der Waals surface area contributed by atoms with E-state index in [1.165, 1.54) is 0 Å². The quantitative estimate of drug-likeness (QED) is 0.666. The number of pyridine rings is 1. The van der Waals surface area contributed by atoms with E-state index >= 15 is 0 Å². The van der Waals surface area contributed by atoms with Crippen LogP contribution in [0.1, 0.15) is 17.5 Å². The number of nitrogens with zero attached hydrogens (tertiary/aromatic N) is 1. The van der Waals surface area contributed by atoms with Crippen LogP contribution in [0, 0.1) is 0 Å². The molecule has 27 heavy (non-hydrogen) atoms. The number of nitrogens with one attached hydrogen (secondary N) is 2. The summed E-state index contributed by atoms with van der Waals surface area (Å²) in [5.41, 5.74) is 2.55. The molecule has 2 aromatic carbocycles. The van der Waals surface area contributed by atoms with Crippen molar-refractivity contribution in [2.75, 3.05) is 5.32 Å². The van der Waals surface area contributed by atoms with Crippen LogP contribution in [0.5, 0.6) is 0 Å². The van der Waals surface area contributed by atoms with Gasteiger partial charge in [-0.1, -0.05) is 41.9 Å². The maximum Gasteiger partial charge on any atom is 0.228 e. The second-order valence-electron chi connectivity index (χ2n) is 6.77. The molecule has 1 aliphatic heterocycles. The Morgan fingerprint density at radius 3 is 2.78 bits per heavy atom. The van der Waals surface area contributed by atoms with Crippen molar-refractivity contribution in [3.8, 4) is 0 Å². The average molecular weight is 380 g/mol. The Bertz CT molecular complexity index is 1020. The Morgan fingerprint density at radius 2 is 1.96 bits per heavy atom. The van der Waals surface area contributed by atoms with Crippen LogP contribution in [0.15, 0.2) is 54.9 Å². The molecule has 5 nitrogen and oxygen atoms in total. The van der Waals surface area contributed by atoms with E-state index < -0.39 is 0 Å². The highest BCUT2D eigenvalue weighted by atomic mass is 35.5. The van der Waals surface area contributed by atoms with E-state index in [1.807, 2.05) is 36.4 Å². The molecule has 1 saturated heterocycles. The molecule has 0 bridgehead atoms. The average Bonchev–Trinajstić information content (AvgIpc) is 2.60. The molecule has 2 amide bonds. The van der Waals surface area contributed by atoms with Crippen molar-refractivity contribution in [2.45, 2.75) is 25.3 Å². The summed E-state index contributed by atoms with van der Waals surface area (Å²) < 4.78 is 0. The maximum absolute atomic E-state index is 12.5. The van der Waals surface area contributed by atoms with Crippen molar-refractivity contribution in [1.82, 2.24) is 10.3 Å². The van der Waals surface area contributed by atoms with Crippen molar-refractivity contribution < 1.29 is 9.59 Å². The number of fused-ring (bicyclic) bond motifs is 1. The number of hydrogen-bond donors (Lipinski definition) is 2. The number of amides is 2. The second kappa shape index (κ2) is 7.37. The Hall–Kier alpha value is -2.92. The maximum atomic E-state index is 12.5. The van der Waals surface area contributed by atoms with Gasteiger partial charge in [-0.25, -0.2) is 0 Å². The number of rotatable bonds is 5. The van der Waals surface area contributed by atoms with Crippen LogP contribution in [0.3, 0.4) is 0 Å². The topological polar surface area (TPSA) is 71.1 Å². The van der Waals surface area contributed by atoms with Crippen LogP contribution < -0.4 is 10.6 Å². The Balaban J connectivity index is 1.47. The lowest BCUT2D eigenvalue weighted by molar-refractivity contribution is -0.128. The van der Waals surface area contributed by atoms with Gasteiger partial charge < -0.3 is 10.6 Å². The zero-order valence-corrected chi connectivity index (χ0v) is 15.3. The van der Waals surface area contributed by atoms with E-state index in [2.05, 4.69) is 15.6 Å². The van der Waals surface area contributed by atoms with Gasteiger partial charge in [0.25, 0.3) is 0 Å². The molecule has 0 radical (unpaired) electrons. The van der Waals surface area contributed by atoms with E-state index in [9.17, 15) is 9.59 Å². The molecule has 4 rings (SSSR count). The predicted octanol–water partition coefficient (Wildman–Crippen LogP) is 3.50. The summed E-state index contributed by atoms with van der Waals surface area (Å²) in [6, 6.07) is 13.6. The molecule has 1 aromatic heterocycles. The highest BCUT2D eigenvalue weighted by Crippen LogP contribution is 2.23. The summed E-state index contributed by atoms with van der Waals surface area (Å²) in [7, 11) is 0. The molecule has 0 spiro atoms. The summed E-state index contributed by atoms with van der Waals surface area (Å²) in [6.07, 6.45) is 4.90. The first-order valence-corrected chi connectivity index (χ1v) is 9.15. The molecule has 6 heteroatoms. The first-order chi connectivity index (χ1) is 13.1. The van der Waals surface area contributed by atoms with E-state index in [0.29, 0.717) is 23.6 Å². The summed E-state index contributed by atoms with van der Waals surface area (Å²) >= 11 is 6.22. The number of carbonyl (C=O) groups is 2. The molecular weight excluding hydrogens is 362 g/mol. The van der Waals surface area contributed by atoms with Gasteiger partial charge >= 0.3 is 0 Å². The van der Waals surface area contributed by atoms with Crippen LogP contribution in [-0.2, 0) is 22.4 Å². The largest absolute Gasteiger partial charge is 0.352 e. The van der Waals surface area contributed by atoms with Crippen LogP contribution >= 0.6 is 11.6 Å². The van der Waals surface area contributed by atoms with E-state index in [4.69, 9.17) is 11.6 Å². The van der Waals surface area contributed by atoms with Crippen molar-refractivity contribution in [3.63, 3.8) is 0 Å². The third-order valence-electron chi connectivity index (χ3n) is 4.60. The molecule has 1 atom stereocenters. The molecule has 2 heterocycles. The zero-order chi connectivity index (χ0) is 18.8. The first kappa shape index (κ1) is 17.5. The van der Waals surface area contributed by atoms with Gasteiger partial charge in [0, 0.05) is 34.5 Å². The van der Waals surface area contributed by atoms with Crippen molar-refractivity contribution >= 4 is 39.9 Å². The van der Waals surface area contributed by atoms with Gasteiger partial charge in [0.2, 0.25) is 11.8 Å². The number of aromatic nitrogens is 1. The minimum Gasteiger partial charge on any atom is -0.352 e. The second-order valence-corrected chi connectivity index (χ2v) is 7.21. The molecule has 136 valence electrons. The predicted molar refractivity (Wildman–Crippen MR) is 106 cm³/mol. The van der Waals surface area contributed by atoms with Crippen molar-refractivity contribution in [3.05, 3.63) is 71.0 Å². The SMILES string of the molecule is O=C(Cc1cc(Cl)cc(CC2CC(=O)N2)c1)Nc1cncc2ccccc12. The number of anilines is 1. The molecule has 1 unspecified atom stereocenters. The van der Waals surface area contributed by atoms with Crippen LogP contribution in [-0.4, -0.2) is 22.8 Å². The van der Waals surface area contributed by atoms with Gasteiger partial charge in [-0.3, -0.25) is 14.6 Å². The standard InChI is InChI=1S/C21H18ClN3O2/c22-16-6-13(8-17-10-21(27)24-17)5-14(7-16)9-20(26)25-19-12-23-11-15-3-1-2-4-18(15)19/h1-7,11-12,17H,8-10H2,(H,24,27)(H,25,26). The monoisotopic (exact) mass is 379 g/mol. The van der Waals surface area contributed by atoms with Crippen LogP contribution in [0.2, 0.25) is 5.02 Å². The Labute approximate surface area is 161 Å². The lowest BCUT2D eigenvalue weighted by Crippen LogP contribution is -2.49. The van der Waals surface area contributed by atoms with Gasteiger partial charge in [-0.15, -0.1) is 0 Å². The fourth-order valence-electron chi connectivity index (χ4n) is 3.37. The molecule has 0 aliphatic carbocycles. The Morgan fingerprint density at radius 1 is 1.19 bits per heavy atom. The first-order valence-electron chi connectivity index (χ1n) is 8.77. The number of halogens is 1.